The molecule has 8 heteroatoms. The number of hydrogen-bond acceptors (Lipinski definition) is 6. The number of rotatable bonds is 6. The second kappa shape index (κ2) is 6.38. The van der Waals surface area contributed by atoms with Crippen molar-refractivity contribution in [3.63, 3.8) is 0 Å². The SMILES string of the molecule is CSc1cc(O)n(CCNC(=O)CON)c1O. The number of aromatic hydroxyl groups is 2. The van der Waals surface area contributed by atoms with Gasteiger partial charge < -0.3 is 15.5 Å². The molecule has 0 saturated heterocycles. The largest absolute Gasteiger partial charge is 0.494 e. The van der Waals surface area contributed by atoms with Crippen LogP contribution in [0.4, 0.5) is 0 Å². The summed E-state index contributed by atoms with van der Waals surface area (Å²) >= 11 is 1.32. The van der Waals surface area contributed by atoms with Crippen LogP contribution in [0.2, 0.25) is 0 Å². The van der Waals surface area contributed by atoms with E-state index in [1.54, 1.807) is 6.26 Å². The average Bonchev–Trinajstić information content (AvgIpc) is 2.56. The van der Waals surface area contributed by atoms with E-state index < -0.39 is 0 Å². The fourth-order valence-electron chi connectivity index (χ4n) is 1.31. The van der Waals surface area contributed by atoms with Crippen molar-refractivity contribution < 1.29 is 19.8 Å². The molecule has 0 spiro atoms. The molecule has 0 aliphatic rings. The van der Waals surface area contributed by atoms with Gasteiger partial charge >= 0.3 is 0 Å². The second-order valence-corrected chi connectivity index (χ2v) is 4.06. The number of amides is 1. The molecule has 0 aliphatic carbocycles. The van der Waals surface area contributed by atoms with Crippen LogP contribution in [-0.4, -0.2) is 40.1 Å². The van der Waals surface area contributed by atoms with Gasteiger partial charge in [-0.25, -0.2) is 5.90 Å². The van der Waals surface area contributed by atoms with Crippen LogP contribution in [-0.2, 0) is 16.2 Å². The number of nitrogens with one attached hydrogen (secondary N) is 1. The van der Waals surface area contributed by atoms with Gasteiger partial charge in [0.2, 0.25) is 11.8 Å². The first-order valence-electron chi connectivity index (χ1n) is 4.84. The number of aromatic nitrogens is 1. The van der Waals surface area contributed by atoms with Crippen LogP contribution in [0, 0.1) is 0 Å². The molecule has 0 bridgehead atoms. The van der Waals surface area contributed by atoms with Crippen molar-refractivity contribution in [2.75, 3.05) is 19.4 Å². The fourth-order valence-corrected chi connectivity index (χ4v) is 1.82. The van der Waals surface area contributed by atoms with Crippen LogP contribution in [0.25, 0.3) is 0 Å². The molecular weight excluding hydrogens is 246 g/mol. The summed E-state index contributed by atoms with van der Waals surface area (Å²) in [6.07, 6.45) is 1.79. The van der Waals surface area contributed by atoms with Crippen molar-refractivity contribution in [3.8, 4) is 11.8 Å². The van der Waals surface area contributed by atoms with E-state index >= 15 is 0 Å². The number of carbonyl (C=O) groups excluding carboxylic acids is 1. The smallest absolute Gasteiger partial charge is 0.248 e. The van der Waals surface area contributed by atoms with Crippen molar-refractivity contribution in [2.24, 2.45) is 5.90 Å². The number of thioether (sulfide) groups is 1. The van der Waals surface area contributed by atoms with E-state index in [1.807, 2.05) is 0 Å². The molecule has 0 fully saturated rings. The van der Waals surface area contributed by atoms with Gasteiger partial charge in [-0.1, -0.05) is 0 Å². The van der Waals surface area contributed by atoms with E-state index in [0.29, 0.717) is 4.90 Å². The highest BCUT2D eigenvalue weighted by atomic mass is 32.2. The Bertz CT molecular complexity index is 394. The standard InChI is InChI=1S/C9H15N3O4S/c1-17-6-4-8(14)12(9(6)15)3-2-11-7(13)5-16-10/h4,14-15H,2-3,5,10H2,1H3,(H,11,13). The number of nitrogens with zero attached hydrogens (tertiary/aromatic N) is 1. The minimum Gasteiger partial charge on any atom is -0.494 e. The summed E-state index contributed by atoms with van der Waals surface area (Å²) in [5.41, 5.74) is 0. The van der Waals surface area contributed by atoms with Gasteiger partial charge in [0.05, 0.1) is 4.90 Å². The highest BCUT2D eigenvalue weighted by Crippen LogP contribution is 2.33. The highest BCUT2D eigenvalue weighted by Gasteiger charge is 2.12. The van der Waals surface area contributed by atoms with E-state index in [9.17, 15) is 15.0 Å². The molecular formula is C9H15N3O4S. The predicted molar refractivity (Wildman–Crippen MR) is 62.7 cm³/mol. The molecule has 7 nitrogen and oxygen atoms in total. The van der Waals surface area contributed by atoms with Gasteiger partial charge in [-0.15, -0.1) is 11.8 Å². The summed E-state index contributed by atoms with van der Waals surface area (Å²) < 4.78 is 1.30. The van der Waals surface area contributed by atoms with Crippen LogP contribution >= 0.6 is 11.8 Å². The van der Waals surface area contributed by atoms with Gasteiger partial charge in [-0.3, -0.25) is 14.2 Å². The summed E-state index contributed by atoms with van der Waals surface area (Å²) in [5.74, 6) is 4.32. The first kappa shape index (κ1) is 13.7. The molecule has 0 unspecified atom stereocenters. The van der Waals surface area contributed by atoms with E-state index in [1.165, 1.54) is 22.4 Å². The normalized spacial score (nSPS) is 10.5. The Hall–Kier alpha value is -1.38. The predicted octanol–water partition coefficient (Wildman–Crippen LogP) is -0.372. The average molecular weight is 261 g/mol. The Balaban J connectivity index is 2.52. The zero-order valence-electron chi connectivity index (χ0n) is 9.34. The lowest BCUT2D eigenvalue weighted by Crippen LogP contribution is -2.31. The summed E-state index contributed by atoms with van der Waals surface area (Å²) in [5, 5.41) is 21.8. The Morgan fingerprint density at radius 2 is 2.35 bits per heavy atom. The van der Waals surface area contributed by atoms with Gasteiger partial charge in [0.25, 0.3) is 0 Å². The molecule has 1 heterocycles. The molecule has 17 heavy (non-hydrogen) atoms. The number of carbonyl (C=O) groups is 1. The maximum absolute atomic E-state index is 11.0. The molecule has 1 rings (SSSR count). The molecule has 0 atom stereocenters. The maximum atomic E-state index is 11.0. The van der Waals surface area contributed by atoms with Crippen molar-refractivity contribution in [3.05, 3.63) is 6.07 Å². The summed E-state index contributed by atoms with van der Waals surface area (Å²) in [4.78, 5) is 15.7. The topological polar surface area (TPSA) is 110 Å². The summed E-state index contributed by atoms with van der Waals surface area (Å²) in [6.45, 7) is 0.292. The summed E-state index contributed by atoms with van der Waals surface area (Å²) in [7, 11) is 0. The third-order valence-electron chi connectivity index (χ3n) is 2.10. The quantitative estimate of drug-likeness (QED) is 0.411. The third kappa shape index (κ3) is 3.55. The fraction of sp³-hybridized carbons (Fsp3) is 0.444. The second-order valence-electron chi connectivity index (χ2n) is 3.21. The molecule has 96 valence electrons. The van der Waals surface area contributed by atoms with Gasteiger partial charge in [0.15, 0.2) is 5.88 Å². The Labute approximate surface area is 103 Å². The minimum atomic E-state index is -0.358. The van der Waals surface area contributed by atoms with Crippen molar-refractivity contribution >= 4 is 17.7 Å². The lowest BCUT2D eigenvalue weighted by Gasteiger charge is -2.08. The number of hydrogen-bond donors (Lipinski definition) is 4. The Kier molecular flexibility index (Phi) is 5.13. The van der Waals surface area contributed by atoms with Crippen LogP contribution in [0.1, 0.15) is 0 Å². The molecule has 0 aromatic carbocycles. The van der Waals surface area contributed by atoms with Gasteiger partial charge in [-0.2, -0.15) is 0 Å². The van der Waals surface area contributed by atoms with Gasteiger partial charge in [-0.05, 0) is 6.26 Å². The van der Waals surface area contributed by atoms with Crippen molar-refractivity contribution in [2.45, 2.75) is 11.4 Å². The molecule has 1 aromatic heterocycles. The molecule has 0 aliphatic heterocycles. The molecule has 1 amide bonds. The summed E-state index contributed by atoms with van der Waals surface area (Å²) in [6, 6.07) is 1.46. The zero-order chi connectivity index (χ0) is 12.8. The van der Waals surface area contributed by atoms with Crippen LogP contribution in [0.5, 0.6) is 11.8 Å². The molecule has 5 N–H and O–H groups in total. The van der Waals surface area contributed by atoms with Gasteiger partial charge in [0, 0.05) is 19.2 Å². The van der Waals surface area contributed by atoms with Crippen molar-refractivity contribution in [1.29, 1.82) is 0 Å². The van der Waals surface area contributed by atoms with Crippen LogP contribution in [0.3, 0.4) is 0 Å². The highest BCUT2D eigenvalue weighted by molar-refractivity contribution is 7.98. The Morgan fingerprint density at radius 1 is 1.65 bits per heavy atom. The third-order valence-corrected chi connectivity index (χ3v) is 2.84. The van der Waals surface area contributed by atoms with E-state index in [-0.39, 0.29) is 37.4 Å². The number of nitrogens with two attached hydrogens (primary N) is 1. The van der Waals surface area contributed by atoms with Crippen LogP contribution in [0.15, 0.2) is 11.0 Å². The molecule has 0 saturated carbocycles. The van der Waals surface area contributed by atoms with E-state index in [0.717, 1.165) is 0 Å². The van der Waals surface area contributed by atoms with Crippen molar-refractivity contribution in [1.82, 2.24) is 9.88 Å². The molecule has 0 radical (unpaired) electrons. The monoisotopic (exact) mass is 261 g/mol. The lowest BCUT2D eigenvalue weighted by atomic mass is 10.5. The minimum absolute atomic E-state index is 0.0145. The zero-order valence-corrected chi connectivity index (χ0v) is 10.2. The van der Waals surface area contributed by atoms with E-state index in [2.05, 4.69) is 10.2 Å². The Morgan fingerprint density at radius 3 is 2.88 bits per heavy atom. The van der Waals surface area contributed by atoms with Crippen LogP contribution < -0.4 is 11.2 Å². The maximum Gasteiger partial charge on any atom is 0.248 e. The lowest BCUT2D eigenvalue weighted by molar-refractivity contribution is -0.125. The first-order chi connectivity index (χ1) is 8.10. The van der Waals surface area contributed by atoms with Gasteiger partial charge in [0.1, 0.15) is 6.61 Å². The first-order valence-corrected chi connectivity index (χ1v) is 6.06. The molecule has 1 aromatic rings. The van der Waals surface area contributed by atoms with E-state index in [4.69, 9.17) is 5.90 Å².